The zero-order valence-corrected chi connectivity index (χ0v) is 11.2. The van der Waals surface area contributed by atoms with Crippen molar-refractivity contribution in [2.24, 2.45) is 11.3 Å². The van der Waals surface area contributed by atoms with Crippen molar-refractivity contribution in [1.82, 2.24) is 10.2 Å². The monoisotopic (exact) mass is 236 g/mol. The standard InChI is InChI=1S/C15H28N2/c1-2-5-14(6-3-1)11-17-10-4-7-15(13-17)8-9-16-12-15/h14,16H,1-13H2/t15-/m0/s1. The molecule has 0 bridgehead atoms. The van der Waals surface area contributed by atoms with E-state index in [0.29, 0.717) is 5.41 Å². The van der Waals surface area contributed by atoms with Crippen molar-refractivity contribution < 1.29 is 0 Å². The van der Waals surface area contributed by atoms with Crippen molar-refractivity contribution in [3.05, 3.63) is 0 Å². The van der Waals surface area contributed by atoms with Gasteiger partial charge in [0.2, 0.25) is 0 Å². The molecule has 3 fully saturated rings. The first-order valence-electron chi connectivity index (χ1n) is 7.79. The Labute approximate surface area is 106 Å². The van der Waals surface area contributed by atoms with Crippen LogP contribution >= 0.6 is 0 Å². The van der Waals surface area contributed by atoms with Gasteiger partial charge in [-0.1, -0.05) is 19.3 Å². The summed E-state index contributed by atoms with van der Waals surface area (Å²) in [7, 11) is 0. The van der Waals surface area contributed by atoms with E-state index in [1.165, 1.54) is 84.1 Å². The van der Waals surface area contributed by atoms with Crippen LogP contribution in [-0.4, -0.2) is 37.6 Å². The Balaban J connectivity index is 1.52. The Morgan fingerprint density at radius 3 is 2.71 bits per heavy atom. The van der Waals surface area contributed by atoms with E-state index >= 15 is 0 Å². The number of nitrogens with one attached hydrogen (secondary N) is 1. The molecule has 1 aliphatic carbocycles. The lowest BCUT2D eigenvalue weighted by molar-refractivity contribution is 0.0827. The van der Waals surface area contributed by atoms with Gasteiger partial charge in [-0.25, -0.2) is 0 Å². The molecule has 0 radical (unpaired) electrons. The zero-order valence-electron chi connectivity index (χ0n) is 11.2. The number of likely N-dealkylation sites (tertiary alicyclic amines) is 1. The lowest BCUT2D eigenvalue weighted by Gasteiger charge is -2.41. The van der Waals surface area contributed by atoms with E-state index in [0.717, 1.165) is 5.92 Å². The molecule has 2 saturated heterocycles. The van der Waals surface area contributed by atoms with Crippen molar-refractivity contribution in [2.75, 3.05) is 32.7 Å². The first-order chi connectivity index (χ1) is 8.36. The molecule has 1 saturated carbocycles. The molecule has 0 aromatic rings. The van der Waals surface area contributed by atoms with E-state index in [2.05, 4.69) is 10.2 Å². The van der Waals surface area contributed by atoms with E-state index in [9.17, 15) is 0 Å². The van der Waals surface area contributed by atoms with E-state index in [1.807, 2.05) is 0 Å². The maximum atomic E-state index is 3.58. The minimum Gasteiger partial charge on any atom is -0.316 e. The third-order valence-corrected chi connectivity index (χ3v) is 5.31. The Kier molecular flexibility index (Phi) is 3.72. The van der Waals surface area contributed by atoms with Crippen LogP contribution in [-0.2, 0) is 0 Å². The van der Waals surface area contributed by atoms with Gasteiger partial charge in [-0.05, 0) is 56.5 Å². The number of hydrogen-bond acceptors (Lipinski definition) is 2. The summed E-state index contributed by atoms with van der Waals surface area (Å²) in [5, 5.41) is 3.58. The Bertz CT molecular complexity index is 239. The van der Waals surface area contributed by atoms with Crippen LogP contribution in [0.25, 0.3) is 0 Å². The van der Waals surface area contributed by atoms with Crippen LogP contribution in [0.1, 0.15) is 51.4 Å². The molecular weight excluding hydrogens is 208 g/mol. The van der Waals surface area contributed by atoms with Gasteiger partial charge in [0.25, 0.3) is 0 Å². The summed E-state index contributed by atoms with van der Waals surface area (Å²) in [6, 6.07) is 0. The van der Waals surface area contributed by atoms with Gasteiger partial charge in [0.15, 0.2) is 0 Å². The SMILES string of the molecule is C1CCC(CN2CCC[C@@]3(CCNC3)C2)CC1. The maximum Gasteiger partial charge on any atom is 0.00507 e. The second-order valence-electron chi connectivity index (χ2n) is 6.77. The molecule has 17 heavy (non-hydrogen) atoms. The number of piperidine rings is 1. The Morgan fingerprint density at radius 1 is 1.06 bits per heavy atom. The minimum absolute atomic E-state index is 0.660. The van der Waals surface area contributed by atoms with Crippen LogP contribution in [0.15, 0.2) is 0 Å². The minimum atomic E-state index is 0.660. The molecule has 98 valence electrons. The van der Waals surface area contributed by atoms with E-state index in [1.54, 1.807) is 0 Å². The summed E-state index contributed by atoms with van der Waals surface area (Å²) in [5.74, 6) is 1.02. The number of nitrogens with zero attached hydrogens (tertiary/aromatic N) is 1. The second-order valence-corrected chi connectivity index (χ2v) is 6.77. The second kappa shape index (κ2) is 5.27. The summed E-state index contributed by atoms with van der Waals surface area (Å²) in [5.41, 5.74) is 0.660. The van der Waals surface area contributed by atoms with Gasteiger partial charge in [-0.2, -0.15) is 0 Å². The summed E-state index contributed by atoms with van der Waals surface area (Å²) >= 11 is 0. The molecule has 0 aromatic heterocycles. The molecule has 0 aromatic carbocycles. The molecule has 2 nitrogen and oxygen atoms in total. The van der Waals surface area contributed by atoms with Crippen LogP contribution in [0.4, 0.5) is 0 Å². The number of rotatable bonds is 2. The van der Waals surface area contributed by atoms with Gasteiger partial charge < -0.3 is 10.2 Å². The van der Waals surface area contributed by atoms with Crippen LogP contribution < -0.4 is 5.32 Å². The van der Waals surface area contributed by atoms with E-state index < -0.39 is 0 Å². The van der Waals surface area contributed by atoms with Crippen molar-refractivity contribution in [3.63, 3.8) is 0 Å². The summed E-state index contributed by atoms with van der Waals surface area (Å²) in [6.45, 7) is 6.71. The van der Waals surface area contributed by atoms with Crippen LogP contribution in [0.3, 0.4) is 0 Å². The van der Waals surface area contributed by atoms with E-state index in [4.69, 9.17) is 0 Å². The fourth-order valence-electron chi connectivity index (χ4n) is 4.34. The predicted molar refractivity (Wildman–Crippen MR) is 72.2 cm³/mol. The van der Waals surface area contributed by atoms with Crippen LogP contribution in [0.5, 0.6) is 0 Å². The van der Waals surface area contributed by atoms with Gasteiger partial charge in [-0.15, -0.1) is 0 Å². The van der Waals surface area contributed by atoms with Crippen molar-refractivity contribution >= 4 is 0 Å². The van der Waals surface area contributed by atoms with Gasteiger partial charge in [-0.3, -0.25) is 0 Å². The quantitative estimate of drug-likeness (QED) is 0.793. The molecule has 1 atom stereocenters. The van der Waals surface area contributed by atoms with Gasteiger partial charge in [0.1, 0.15) is 0 Å². The lowest BCUT2D eigenvalue weighted by Crippen LogP contribution is -2.46. The summed E-state index contributed by atoms with van der Waals surface area (Å²) < 4.78 is 0. The molecular formula is C15H28N2. The fraction of sp³-hybridized carbons (Fsp3) is 1.00. The highest BCUT2D eigenvalue weighted by Gasteiger charge is 2.38. The average molecular weight is 236 g/mol. The molecule has 2 heterocycles. The molecule has 3 rings (SSSR count). The number of hydrogen-bond donors (Lipinski definition) is 1. The third kappa shape index (κ3) is 2.85. The van der Waals surface area contributed by atoms with E-state index in [-0.39, 0.29) is 0 Å². The van der Waals surface area contributed by atoms with Gasteiger partial charge in [0.05, 0.1) is 0 Å². The van der Waals surface area contributed by atoms with Crippen molar-refractivity contribution in [1.29, 1.82) is 0 Å². The largest absolute Gasteiger partial charge is 0.316 e. The van der Waals surface area contributed by atoms with Crippen molar-refractivity contribution in [2.45, 2.75) is 51.4 Å². The zero-order chi connectivity index (χ0) is 11.6. The molecule has 0 amide bonds. The summed E-state index contributed by atoms with van der Waals surface area (Å²) in [4.78, 5) is 2.80. The highest BCUT2D eigenvalue weighted by Crippen LogP contribution is 2.36. The molecule has 3 aliphatic rings. The van der Waals surface area contributed by atoms with Gasteiger partial charge >= 0.3 is 0 Å². The molecule has 2 heteroatoms. The molecule has 0 unspecified atom stereocenters. The average Bonchev–Trinajstić information content (AvgIpc) is 2.79. The smallest absolute Gasteiger partial charge is 0.00507 e. The normalized spacial score (nSPS) is 36.7. The molecule has 1 spiro atoms. The first kappa shape index (κ1) is 12.0. The first-order valence-corrected chi connectivity index (χ1v) is 7.79. The highest BCUT2D eigenvalue weighted by molar-refractivity contribution is 4.93. The van der Waals surface area contributed by atoms with Gasteiger partial charge in [0, 0.05) is 19.6 Å². The summed E-state index contributed by atoms with van der Waals surface area (Å²) in [6.07, 6.45) is 11.8. The van der Waals surface area contributed by atoms with Crippen molar-refractivity contribution in [3.8, 4) is 0 Å². The maximum absolute atomic E-state index is 3.58. The fourth-order valence-corrected chi connectivity index (χ4v) is 4.34. The molecule has 1 N–H and O–H groups in total. The Hall–Kier alpha value is -0.0800. The highest BCUT2D eigenvalue weighted by atomic mass is 15.2. The predicted octanol–water partition coefficient (Wildman–Crippen LogP) is 2.64. The van der Waals surface area contributed by atoms with Crippen LogP contribution in [0, 0.1) is 11.3 Å². The Morgan fingerprint density at radius 2 is 1.94 bits per heavy atom. The topological polar surface area (TPSA) is 15.3 Å². The lowest BCUT2D eigenvalue weighted by atomic mass is 9.78. The van der Waals surface area contributed by atoms with Crippen LogP contribution in [0.2, 0.25) is 0 Å². The third-order valence-electron chi connectivity index (χ3n) is 5.31. The molecule has 2 aliphatic heterocycles.